The van der Waals surface area contributed by atoms with Crippen molar-refractivity contribution in [1.29, 1.82) is 0 Å². The molecule has 1 amide bonds. The molecule has 1 aromatic rings. The summed E-state index contributed by atoms with van der Waals surface area (Å²) in [4.78, 5) is 12.6. The number of amides is 1. The van der Waals surface area contributed by atoms with E-state index in [9.17, 15) is 4.79 Å². The van der Waals surface area contributed by atoms with E-state index in [1.807, 2.05) is 49.0 Å². The van der Waals surface area contributed by atoms with Crippen molar-refractivity contribution >= 4 is 17.7 Å². The fraction of sp³-hybridized carbons (Fsp3) is 0.267. The summed E-state index contributed by atoms with van der Waals surface area (Å²) >= 11 is 1.81. The van der Waals surface area contributed by atoms with Crippen LogP contribution in [0.3, 0.4) is 0 Å². The summed E-state index contributed by atoms with van der Waals surface area (Å²) < 4.78 is 0. The Morgan fingerprint density at radius 1 is 1.28 bits per heavy atom. The molecular weight excluding hydrogens is 242 g/mol. The summed E-state index contributed by atoms with van der Waals surface area (Å²) in [5.74, 6) is 0.987. The van der Waals surface area contributed by atoms with Gasteiger partial charge in [-0.15, -0.1) is 11.8 Å². The molecule has 0 aliphatic carbocycles. The van der Waals surface area contributed by atoms with Gasteiger partial charge in [-0.3, -0.25) is 4.79 Å². The number of carbonyl (C=O) groups is 1. The maximum Gasteiger partial charge on any atom is 0.243 e. The summed E-state index contributed by atoms with van der Waals surface area (Å²) in [6.07, 6.45) is 7.99. The van der Waals surface area contributed by atoms with Gasteiger partial charge >= 0.3 is 0 Å². The fourth-order valence-electron chi connectivity index (χ4n) is 1.30. The van der Waals surface area contributed by atoms with Crippen LogP contribution in [0.25, 0.3) is 0 Å². The lowest BCUT2D eigenvalue weighted by molar-refractivity contribution is -0.116. The number of hydrogen-bond acceptors (Lipinski definition) is 2. The Balaban J connectivity index is 2.07. The van der Waals surface area contributed by atoms with Crippen molar-refractivity contribution in [3.8, 4) is 0 Å². The average molecular weight is 261 g/mol. The predicted octanol–water partition coefficient (Wildman–Crippen LogP) is 3.42. The van der Waals surface area contributed by atoms with Crippen molar-refractivity contribution in [3.63, 3.8) is 0 Å². The second-order valence-electron chi connectivity index (χ2n) is 3.69. The van der Waals surface area contributed by atoms with Crippen LogP contribution in [0.2, 0.25) is 0 Å². The standard InChI is InChI=1S/C15H19NOS/c1-2-3-5-11-15(17)16-12-8-13-18-14-9-6-4-7-10-14/h2-7,9-11H,8,12-13H2,1H3,(H,16,17). The topological polar surface area (TPSA) is 29.1 Å². The van der Waals surface area contributed by atoms with Crippen LogP contribution in [0.4, 0.5) is 0 Å². The lowest BCUT2D eigenvalue weighted by Gasteiger charge is -2.02. The minimum absolute atomic E-state index is 0.0298. The van der Waals surface area contributed by atoms with Gasteiger partial charge in [0, 0.05) is 17.5 Å². The first-order valence-corrected chi connectivity index (χ1v) is 7.06. The van der Waals surface area contributed by atoms with Crippen molar-refractivity contribution < 1.29 is 4.79 Å². The molecule has 0 radical (unpaired) electrons. The van der Waals surface area contributed by atoms with Crippen LogP contribution < -0.4 is 5.32 Å². The molecule has 0 bridgehead atoms. The van der Waals surface area contributed by atoms with Crippen LogP contribution in [-0.2, 0) is 4.79 Å². The molecule has 96 valence electrons. The van der Waals surface area contributed by atoms with Gasteiger partial charge in [-0.1, -0.05) is 36.4 Å². The highest BCUT2D eigenvalue weighted by atomic mass is 32.2. The molecule has 1 rings (SSSR count). The number of thioether (sulfide) groups is 1. The number of rotatable bonds is 7. The average Bonchev–Trinajstić information content (AvgIpc) is 2.40. The molecule has 18 heavy (non-hydrogen) atoms. The van der Waals surface area contributed by atoms with Crippen molar-refractivity contribution in [2.45, 2.75) is 18.2 Å². The van der Waals surface area contributed by atoms with Crippen LogP contribution in [-0.4, -0.2) is 18.2 Å². The van der Waals surface area contributed by atoms with Gasteiger partial charge in [0.25, 0.3) is 0 Å². The van der Waals surface area contributed by atoms with E-state index in [-0.39, 0.29) is 5.91 Å². The summed E-state index contributed by atoms with van der Waals surface area (Å²) in [5, 5.41) is 2.85. The predicted molar refractivity (Wildman–Crippen MR) is 78.7 cm³/mol. The normalized spacial score (nSPS) is 11.2. The number of nitrogens with one attached hydrogen (secondary N) is 1. The van der Waals surface area contributed by atoms with E-state index in [1.165, 1.54) is 4.90 Å². The quantitative estimate of drug-likeness (QED) is 0.353. The summed E-state index contributed by atoms with van der Waals surface area (Å²) in [5.41, 5.74) is 0. The number of hydrogen-bond donors (Lipinski definition) is 1. The van der Waals surface area contributed by atoms with Crippen LogP contribution in [0.15, 0.2) is 59.5 Å². The summed E-state index contributed by atoms with van der Waals surface area (Å²) in [6.45, 7) is 2.64. The molecule has 0 heterocycles. The number of allylic oxidation sites excluding steroid dienone is 3. The Bertz CT molecular complexity index is 398. The van der Waals surface area contributed by atoms with Crippen LogP contribution in [0, 0.1) is 0 Å². The van der Waals surface area contributed by atoms with Gasteiger partial charge in [-0.25, -0.2) is 0 Å². The van der Waals surface area contributed by atoms with Crippen LogP contribution in [0.5, 0.6) is 0 Å². The van der Waals surface area contributed by atoms with E-state index in [1.54, 1.807) is 12.2 Å². The lowest BCUT2D eigenvalue weighted by atomic mass is 10.4. The molecule has 3 heteroatoms. The first kappa shape index (κ1) is 14.6. The third kappa shape index (κ3) is 6.97. The highest BCUT2D eigenvalue weighted by Crippen LogP contribution is 2.17. The molecule has 0 aromatic heterocycles. The molecule has 0 atom stereocenters. The van der Waals surface area contributed by atoms with E-state index in [4.69, 9.17) is 0 Å². The third-order valence-electron chi connectivity index (χ3n) is 2.18. The van der Waals surface area contributed by atoms with E-state index < -0.39 is 0 Å². The monoisotopic (exact) mass is 261 g/mol. The highest BCUT2D eigenvalue weighted by Gasteiger charge is 1.95. The van der Waals surface area contributed by atoms with Crippen molar-refractivity contribution in [3.05, 3.63) is 54.6 Å². The smallest absolute Gasteiger partial charge is 0.243 e. The van der Waals surface area contributed by atoms with Crippen LogP contribution >= 0.6 is 11.8 Å². The van der Waals surface area contributed by atoms with Crippen LogP contribution in [0.1, 0.15) is 13.3 Å². The second-order valence-corrected chi connectivity index (χ2v) is 4.86. The van der Waals surface area contributed by atoms with Crippen molar-refractivity contribution in [2.24, 2.45) is 0 Å². The van der Waals surface area contributed by atoms with Gasteiger partial charge in [0.2, 0.25) is 5.91 Å². The molecule has 0 spiro atoms. The molecule has 0 aliphatic heterocycles. The Hall–Kier alpha value is -1.48. The molecule has 1 aromatic carbocycles. The molecule has 0 saturated carbocycles. The van der Waals surface area contributed by atoms with E-state index in [0.29, 0.717) is 0 Å². The Morgan fingerprint density at radius 3 is 2.78 bits per heavy atom. The molecule has 0 unspecified atom stereocenters. The molecular formula is C15H19NOS. The molecule has 0 aliphatic rings. The molecule has 2 nitrogen and oxygen atoms in total. The van der Waals surface area contributed by atoms with Gasteiger partial charge in [0.15, 0.2) is 0 Å². The SMILES string of the molecule is CC=CC=CC(=O)NCCCSc1ccccc1. The zero-order valence-corrected chi connectivity index (χ0v) is 11.5. The number of benzene rings is 1. The zero-order chi connectivity index (χ0) is 13.1. The Labute approximate surface area is 113 Å². The molecule has 0 fully saturated rings. The highest BCUT2D eigenvalue weighted by molar-refractivity contribution is 7.99. The van der Waals surface area contributed by atoms with Gasteiger partial charge in [0.05, 0.1) is 0 Å². The van der Waals surface area contributed by atoms with Gasteiger partial charge in [0.1, 0.15) is 0 Å². The maximum absolute atomic E-state index is 11.3. The molecule has 1 N–H and O–H groups in total. The largest absolute Gasteiger partial charge is 0.353 e. The lowest BCUT2D eigenvalue weighted by Crippen LogP contribution is -2.22. The second kappa shape index (κ2) is 9.54. The molecule has 0 saturated heterocycles. The van der Waals surface area contributed by atoms with E-state index in [2.05, 4.69) is 17.4 Å². The van der Waals surface area contributed by atoms with Gasteiger partial charge in [-0.2, -0.15) is 0 Å². The van der Waals surface area contributed by atoms with E-state index in [0.717, 1.165) is 18.7 Å². The Morgan fingerprint density at radius 2 is 2.06 bits per heavy atom. The maximum atomic E-state index is 11.3. The first-order valence-electron chi connectivity index (χ1n) is 6.08. The van der Waals surface area contributed by atoms with E-state index >= 15 is 0 Å². The van der Waals surface area contributed by atoms with Crippen molar-refractivity contribution in [1.82, 2.24) is 5.32 Å². The van der Waals surface area contributed by atoms with Gasteiger partial charge < -0.3 is 5.32 Å². The summed E-state index contributed by atoms with van der Waals surface area (Å²) in [6, 6.07) is 10.3. The first-order chi connectivity index (χ1) is 8.83. The van der Waals surface area contributed by atoms with Gasteiger partial charge in [-0.05, 0) is 31.2 Å². The minimum atomic E-state index is -0.0298. The zero-order valence-electron chi connectivity index (χ0n) is 10.6. The summed E-state index contributed by atoms with van der Waals surface area (Å²) in [7, 11) is 0. The number of carbonyl (C=O) groups excluding carboxylic acids is 1. The fourth-order valence-corrected chi connectivity index (χ4v) is 2.18. The third-order valence-corrected chi connectivity index (χ3v) is 3.28. The Kier molecular flexibility index (Phi) is 7.73. The minimum Gasteiger partial charge on any atom is -0.353 e. The van der Waals surface area contributed by atoms with Crippen molar-refractivity contribution in [2.75, 3.05) is 12.3 Å².